The van der Waals surface area contributed by atoms with E-state index >= 15 is 0 Å². The average molecular weight is 408 g/mol. The lowest BCUT2D eigenvalue weighted by Crippen LogP contribution is -2.26. The maximum atomic E-state index is 13.2. The minimum atomic E-state index is -4.75. The first-order valence-electron chi connectivity index (χ1n) is 8.42. The number of hydrogen-bond acceptors (Lipinski definition) is 5. The molecule has 0 aliphatic heterocycles. The van der Waals surface area contributed by atoms with Crippen LogP contribution in [0.15, 0.2) is 36.1 Å². The molecule has 0 saturated carbocycles. The van der Waals surface area contributed by atoms with Crippen LogP contribution in [0.25, 0.3) is 0 Å². The van der Waals surface area contributed by atoms with Gasteiger partial charge in [-0.1, -0.05) is 12.1 Å². The third-order valence-electron chi connectivity index (χ3n) is 4.20. The number of rotatable bonds is 7. The molecular formula is C18H23F3O5S. The number of hydrogen-bond donors (Lipinski definition) is 0. The summed E-state index contributed by atoms with van der Waals surface area (Å²) in [5.74, 6) is -0.0340. The van der Waals surface area contributed by atoms with Crippen molar-refractivity contribution in [1.29, 1.82) is 0 Å². The summed E-state index contributed by atoms with van der Waals surface area (Å²) in [4.78, 5) is 11.7. The van der Waals surface area contributed by atoms with E-state index in [9.17, 15) is 18.0 Å². The van der Waals surface area contributed by atoms with E-state index in [1.807, 2.05) is 12.1 Å². The molecule has 0 saturated heterocycles. The fraction of sp³-hybridized carbons (Fsp3) is 0.500. The molecule has 0 bridgehead atoms. The molecule has 27 heavy (non-hydrogen) atoms. The third kappa shape index (κ3) is 4.97. The maximum absolute atomic E-state index is 13.2. The lowest BCUT2D eigenvalue weighted by Gasteiger charge is -2.37. The highest BCUT2D eigenvalue weighted by Gasteiger charge is 2.56. The van der Waals surface area contributed by atoms with Gasteiger partial charge in [0.2, 0.25) is 10.9 Å². The summed E-state index contributed by atoms with van der Waals surface area (Å²) in [5.41, 5.74) is -3.28. The molecule has 0 aromatic heterocycles. The summed E-state index contributed by atoms with van der Waals surface area (Å²) in [6.45, 7) is 2.05. The van der Waals surface area contributed by atoms with E-state index in [-0.39, 0.29) is 17.6 Å². The van der Waals surface area contributed by atoms with Crippen molar-refractivity contribution >= 4 is 16.8 Å². The molecule has 0 radical (unpaired) electrons. The first kappa shape index (κ1) is 21.6. The Hall–Kier alpha value is -1.71. The van der Waals surface area contributed by atoms with E-state index in [0.717, 1.165) is 19.8 Å². The number of ether oxygens (including phenoxy) is 1. The predicted octanol–water partition coefficient (Wildman–Crippen LogP) is 5.39. The minimum absolute atomic E-state index is 0.133. The van der Waals surface area contributed by atoms with Gasteiger partial charge in [-0.15, -0.1) is 0 Å². The van der Waals surface area contributed by atoms with Crippen LogP contribution in [0.4, 0.5) is 13.2 Å². The highest BCUT2D eigenvalue weighted by Crippen LogP contribution is 2.65. The molecule has 1 aromatic carbocycles. The molecule has 1 aliphatic rings. The van der Waals surface area contributed by atoms with Gasteiger partial charge in [-0.05, 0) is 49.5 Å². The smallest absolute Gasteiger partial charge is 0.462 e. The summed E-state index contributed by atoms with van der Waals surface area (Å²) in [6, 6.07) is 7.06. The normalized spacial score (nSPS) is 18.6. The van der Waals surface area contributed by atoms with Gasteiger partial charge in [0, 0.05) is 6.42 Å². The maximum Gasteiger partial charge on any atom is 0.504 e. The van der Waals surface area contributed by atoms with Gasteiger partial charge in [-0.3, -0.25) is 8.37 Å². The van der Waals surface area contributed by atoms with Crippen molar-refractivity contribution in [3.05, 3.63) is 47.2 Å². The zero-order valence-electron chi connectivity index (χ0n) is 15.4. The van der Waals surface area contributed by atoms with Crippen LogP contribution in [0.2, 0.25) is 0 Å². The Labute approximate surface area is 158 Å². The summed E-state index contributed by atoms with van der Waals surface area (Å²) in [5, 5.41) is 0. The lowest BCUT2D eigenvalue weighted by molar-refractivity contribution is -0.0689. The van der Waals surface area contributed by atoms with Gasteiger partial charge in [0.15, 0.2) is 0 Å². The molecule has 9 heteroatoms. The monoisotopic (exact) mass is 408 g/mol. The Morgan fingerprint density at radius 2 is 1.81 bits per heavy atom. The minimum Gasteiger partial charge on any atom is -0.462 e. The molecule has 5 nitrogen and oxygen atoms in total. The molecule has 1 aliphatic carbocycles. The number of carbonyl (C=O) groups is 1. The number of benzene rings is 1. The van der Waals surface area contributed by atoms with E-state index < -0.39 is 16.4 Å². The van der Waals surface area contributed by atoms with E-state index in [2.05, 4.69) is 8.37 Å². The predicted molar refractivity (Wildman–Crippen MR) is 95.8 cm³/mol. The van der Waals surface area contributed by atoms with Gasteiger partial charge in [0.25, 0.3) is 0 Å². The number of allylic oxidation sites excluding steroid dienone is 2. The second kappa shape index (κ2) is 8.99. The number of alkyl halides is 3. The summed E-state index contributed by atoms with van der Waals surface area (Å²) < 4.78 is 58.8. The van der Waals surface area contributed by atoms with Crippen molar-refractivity contribution in [2.24, 2.45) is 0 Å². The van der Waals surface area contributed by atoms with Gasteiger partial charge in [0.1, 0.15) is 5.76 Å². The zero-order valence-corrected chi connectivity index (χ0v) is 16.2. The van der Waals surface area contributed by atoms with Crippen molar-refractivity contribution in [3.8, 4) is 0 Å². The Morgan fingerprint density at radius 3 is 2.26 bits per heavy atom. The van der Waals surface area contributed by atoms with Crippen LogP contribution in [0.5, 0.6) is 0 Å². The Bertz CT molecular complexity index is 669. The van der Waals surface area contributed by atoms with Gasteiger partial charge in [-0.25, -0.2) is 4.79 Å². The molecule has 1 aromatic rings. The molecule has 152 valence electrons. The van der Waals surface area contributed by atoms with Crippen molar-refractivity contribution in [2.45, 2.75) is 37.6 Å². The first-order valence-corrected chi connectivity index (χ1v) is 9.83. The number of halogens is 3. The fourth-order valence-electron chi connectivity index (χ4n) is 2.81. The van der Waals surface area contributed by atoms with Crippen molar-refractivity contribution in [2.75, 3.05) is 20.8 Å². The van der Waals surface area contributed by atoms with Crippen molar-refractivity contribution in [3.63, 3.8) is 0 Å². The van der Waals surface area contributed by atoms with Crippen LogP contribution in [-0.4, -0.2) is 32.3 Å². The average Bonchev–Trinajstić information content (AvgIpc) is 2.66. The number of carbonyl (C=O) groups excluding carboxylic acids is 1. The molecule has 0 fully saturated rings. The fourth-order valence-corrected chi connectivity index (χ4v) is 3.99. The van der Waals surface area contributed by atoms with E-state index in [1.54, 1.807) is 25.1 Å². The topological polar surface area (TPSA) is 54.0 Å². The molecular weight excluding hydrogens is 385 g/mol. The van der Waals surface area contributed by atoms with E-state index in [1.165, 1.54) is 0 Å². The highest BCUT2D eigenvalue weighted by molar-refractivity contribution is 8.22. The molecule has 1 unspecified atom stereocenters. The van der Waals surface area contributed by atoms with Crippen LogP contribution >= 0.6 is 10.9 Å². The van der Waals surface area contributed by atoms with Crippen LogP contribution in [0.3, 0.4) is 0 Å². The second-order valence-electron chi connectivity index (χ2n) is 5.80. The van der Waals surface area contributed by atoms with E-state index in [4.69, 9.17) is 8.92 Å². The molecule has 0 N–H and O–H groups in total. The van der Waals surface area contributed by atoms with Crippen LogP contribution in [-0.2, 0) is 17.3 Å². The first-order chi connectivity index (χ1) is 12.8. The molecule has 0 spiro atoms. The SMILES string of the molecule is CCOC(=O)c1ccc(C2CC=C(OS(OC)(OC)C(F)(F)F)CC2)cc1. The Morgan fingerprint density at radius 1 is 1.19 bits per heavy atom. The van der Waals surface area contributed by atoms with Crippen molar-refractivity contribution in [1.82, 2.24) is 0 Å². The summed E-state index contributed by atoms with van der Waals surface area (Å²) >= 11 is 0. The lowest BCUT2D eigenvalue weighted by atomic mass is 9.87. The van der Waals surface area contributed by atoms with E-state index in [0.29, 0.717) is 31.4 Å². The summed E-state index contributed by atoms with van der Waals surface area (Å²) in [7, 11) is -2.27. The Kier molecular flexibility index (Phi) is 7.19. The largest absolute Gasteiger partial charge is 0.504 e. The van der Waals surface area contributed by atoms with Gasteiger partial charge in [0.05, 0.1) is 26.4 Å². The number of esters is 1. The molecule has 0 amide bonds. The zero-order chi connectivity index (χ0) is 20.1. The van der Waals surface area contributed by atoms with Gasteiger partial charge >= 0.3 is 11.5 Å². The van der Waals surface area contributed by atoms with Crippen LogP contribution in [0, 0.1) is 0 Å². The van der Waals surface area contributed by atoms with Gasteiger partial charge < -0.3 is 8.92 Å². The van der Waals surface area contributed by atoms with Crippen LogP contribution in [0.1, 0.15) is 48.0 Å². The van der Waals surface area contributed by atoms with Crippen LogP contribution < -0.4 is 0 Å². The molecule has 0 heterocycles. The standard InChI is InChI=1S/C18H23F3O5S/c1-4-25-17(22)15-7-5-13(6-8-15)14-9-11-16(12-10-14)26-27(23-2,24-3)18(19,20)21/h5-8,11,14H,4,9-10,12H2,1-3H3. The van der Waals surface area contributed by atoms with Gasteiger partial charge in [-0.2, -0.15) is 13.2 Å². The second-order valence-corrected chi connectivity index (χ2v) is 8.01. The Balaban J connectivity index is 2.05. The third-order valence-corrected chi connectivity index (χ3v) is 6.08. The summed E-state index contributed by atoms with van der Waals surface area (Å²) in [6.07, 6.45) is 3.11. The molecule has 2 rings (SSSR count). The van der Waals surface area contributed by atoms with Crippen molar-refractivity contribution < 1.29 is 35.3 Å². The quantitative estimate of drug-likeness (QED) is 0.566. The highest BCUT2D eigenvalue weighted by atomic mass is 32.3. The molecule has 1 atom stereocenters.